The van der Waals surface area contributed by atoms with E-state index in [2.05, 4.69) is 19.2 Å². The van der Waals surface area contributed by atoms with Gasteiger partial charge in [0.2, 0.25) is 0 Å². The maximum absolute atomic E-state index is 12.0. The Morgan fingerprint density at radius 1 is 1.32 bits per heavy atom. The molecule has 0 saturated carbocycles. The van der Waals surface area contributed by atoms with Crippen LogP contribution in [0.2, 0.25) is 0 Å². The highest BCUT2D eigenvalue weighted by atomic mass is 16.5. The molecule has 3 nitrogen and oxygen atoms in total. The number of esters is 1. The minimum Gasteiger partial charge on any atom is -0.468 e. The topological polar surface area (TPSA) is 38.3 Å². The van der Waals surface area contributed by atoms with Crippen LogP contribution in [0.25, 0.3) is 0 Å². The summed E-state index contributed by atoms with van der Waals surface area (Å²) in [5, 5.41) is 3.34. The molecule has 19 heavy (non-hydrogen) atoms. The number of nitrogens with one attached hydrogen (secondary N) is 1. The van der Waals surface area contributed by atoms with Crippen molar-refractivity contribution < 1.29 is 9.53 Å². The van der Waals surface area contributed by atoms with Crippen molar-refractivity contribution in [1.29, 1.82) is 0 Å². The molecule has 0 spiro atoms. The lowest BCUT2D eigenvalue weighted by molar-refractivity contribution is -0.148. The predicted molar refractivity (Wildman–Crippen MR) is 77.8 cm³/mol. The van der Waals surface area contributed by atoms with E-state index in [4.69, 9.17) is 4.74 Å². The molecule has 1 unspecified atom stereocenters. The summed E-state index contributed by atoms with van der Waals surface area (Å²) >= 11 is 0. The third-order valence-corrected chi connectivity index (χ3v) is 3.38. The van der Waals surface area contributed by atoms with Crippen molar-refractivity contribution in [1.82, 2.24) is 5.32 Å². The Morgan fingerprint density at radius 2 is 1.95 bits per heavy atom. The third-order valence-electron chi connectivity index (χ3n) is 3.38. The number of hydrogen-bond acceptors (Lipinski definition) is 3. The molecule has 106 valence electrons. The van der Waals surface area contributed by atoms with Crippen molar-refractivity contribution in [2.24, 2.45) is 5.92 Å². The molecule has 1 N–H and O–H groups in total. The molecule has 0 amide bonds. The number of benzene rings is 1. The lowest BCUT2D eigenvalue weighted by atomic mass is 9.91. The first-order valence-electron chi connectivity index (χ1n) is 6.85. The summed E-state index contributed by atoms with van der Waals surface area (Å²) in [5.41, 5.74) is 0.552. The zero-order valence-electron chi connectivity index (χ0n) is 12.4. The van der Waals surface area contributed by atoms with Gasteiger partial charge in [-0.3, -0.25) is 10.1 Å². The SMILES string of the molecule is COC(=O)C(C)(CCC(C)C)NCc1ccccc1. The highest BCUT2D eigenvalue weighted by Gasteiger charge is 2.33. The normalized spacial score (nSPS) is 14.2. The molecule has 0 radical (unpaired) electrons. The summed E-state index contributed by atoms with van der Waals surface area (Å²) in [5.74, 6) is 0.381. The van der Waals surface area contributed by atoms with Gasteiger partial charge in [-0.25, -0.2) is 0 Å². The predicted octanol–water partition coefficient (Wildman–Crippen LogP) is 3.14. The Kier molecular flexibility index (Phi) is 6.03. The molecule has 1 aromatic carbocycles. The molecule has 1 atom stereocenters. The minimum atomic E-state index is -0.616. The van der Waals surface area contributed by atoms with E-state index in [-0.39, 0.29) is 5.97 Å². The molecular formula is C16H25NO2. The van der Waals surface area contributed by atoms with Gasteiger partial charge in [-0.1, -0.05) is 44.2 Å². The fourth-order valence-electron chi connectivity index (χ4n) is 1.96. The van der Waals surface area contributed by atoms with Crippen LogP contribution < -0.4 is 5.32 Å². The Balaban J connectivity index is 2.66. The lowest BCUT2D eigenvalue weighted by Gasteiger charge is -2.29. The zero-order valence-corrected chi connectivity index (χ0v) is 12.4. The van der Waals surface area contributed by atoms with Crippen LogP contribution in [0.3, 0.4) is 0 Å². The zero-order chi connectivity index (χ0) is 14.3. The Morgan fingerprint density at radius 3 is 2.47 bits per heavy atom. The Hall–Kier alpha value is -1.35. The molecular weight excluding hydrogens is 238 g/mol. The molecule has 3 heteroatoms. The van der Waals surface area contributed by atoms with E-state index >= 15 is 0 Å². The number of carbonyl (C=O) groups is 1. The summed E-state index contributed by atoms with van der Waals surface area (Å²) in [6.45, 7) is 6.92. The second kappa shape index (κ2) is 7.29. The van der Waals surface area contributed by atoms with Gasteiger partial charge in [-0.2, -0.15) is 0 Å². The van der Waals surface area contributed by atoms with Crippen molar-refractivity contribution in [2.45, 2.75) is 45.7 Å². The molecule has 0 aromatic heterocycles. The maximum atomic E-state index is 12.0. The van der Waals surface area contributed by atoms with E-state index in [1.54, 1.807) is 0 Å². The van der Waals surface area contributed by atoms with E-state index in [0.717, 1.165) is 12.8 Å². The van der Waals surface area contributed by atoms with Gasteiger partial charge in [-0.05, 0) is 31.2 Å². The van der Waals surface area contributed by atoms with Gasteiger partial charge in [0.15, 0.2) is 0 Å². The van der Waals surface area contributed by atoms with Gasteiger partial charge in [0.25, 0.3) is 0 Å². The average molecular weight is 263 g/mol. The average Bonchev–Trinajstić information content (AvgIpc) is 2.43. The van der Waals surface area contributed by atoms with Crippen LogP contribution in [0.15, 0.2) is 30.3 Å². The highest BCUT2D eigenvalue weighted by Crippen LogP contribution is 2.19. The quantitative estimate of drug-likeness (QED) is 0.768. The highest BCUT2D eigenvalue weighted by molar-refractivity contribution is 5.80. The largest absolute Gasteiger partial charge is 0.468 e. The van der Waals surface area contributed by atoms with E-state index in [1.165, 1.54) is 12.7 Å². The first-order chi connectivity index (χ1) is 8.98. The van der Waals surface area contributed by atoms with E-state index < -0.39 is 5.54 Å². The summed E-state index contributed by atoms with van der Waals surface area (Å²) in [6.07, 6.45) is 1.78. The first-order valence-corrected chi connectivity index (χ1v) is 6.85. The Labute approximate surface area is 116 Å². The van der Waals surface area contributed by atoms with E-state index in [1.807, 2.05) is 37.3 Å². The second-order valence-electron chi connectivity index (χ2n) is 5.60. The van der Waals surface area contributed by atoms with Gasteiger partial charge in [0.05, 0.1) is 7.11 Å². The molecule has 0 aliphatic carbocycles. The number of methoxy groups -OCH3 is 1. The van der Waals surface area contributed by atoms with Crippen molar-refractivity contribution in [3.05, 3.63) is 35.9 Å². The fraction of sp³-hybridized carbons (Fsp3) is 0.562. The molecule has 0 fully saturated rings. The van der Waals surface area contributed by atoms with Crippen LogP contribution >= 0.6 is 0 Å². The summed E-state index contributed by atoms with van der Waals surface area (Å²) in [6, 6.07) is 10.1. The van der Waals surface area contributed by atoms with Crippen molar-refractivity contribution in [2.75, 3.05) is 7.11 Å². The van der Waals surface area contributed by atoms with Crippen molar-refractivity contribution in [3.63, 3.8) is 0 Å². The van der Waals surface area contributed by atoms with Crippen LogP contribution in [0.4, 0.5) is 0 Å². The summed E-state index contributed by atoms with van der Waals surface area (Å²) in [7, 11) is 1.44. The van der Waals surface area contributed by atoms with Crippen LogP contribution in [0.1, 0.15) is 39.2 Å². The minimum absolute atomic E-state index is 0.191. The smallest absolute Gasteiger partial charge is 0.325 e. The first kappa shape index (κ1) is 15.7. The van der Waals surface area contributed by atoms with Gasteiger partial charge < -0.3 is 4.74 Å². The third kappa shape index (κ3) is 5.03. The lowest BCUT2D eigenvalue weighted by Crippen LogP contribution is -2.50. The van der Waals surface area contributed by atoms with Crippen molar-refractivity contribution >= 4 is 5.97 Å². The standard InChI is InChI=1S/C16H25NO2/c1-13(2)10-11-16(3,15(18)19-4)17-12-14-8-6-5-7-9-14/h5-9,13,17H,10-12H2,1-4H3. The fourth-order valence-corrected chi connectivity index (χ4v) is 1.96. The molecule has 0 heterocycles. The molecule has 1 aromatic rings. The Bertz CT molecular complexity index is 389. The van der Waals surface area contributed by atoms with Crippen LogP contribution in [0.5, 0.6) is 0 Å². The van der Waals surface area contributed by atoms with Crippen LogP contribution in [0, 0.1) is 5.92 Å². The number of rotatable bonds is 7. The molecule has 0 aliphatic heterocycles. The molecule has 0 saturated heterocycles. The van der Waals surface area contributed by atoms with Crippen molar-refractivity contribution in [3.8, 4) is 0 Å². The van der Waals surface area contributed by atoms with E-state index in [0.29, 0.717) is 12.5 Å². The number of hydrogen-bond donors (Lipinski definition) is 1. The number of ether oxygens (including phenoxy) is 1. The second-order valence-corrected chi connectivity index (χ2v) is 5.60. The van der Waals surface area contributed by atoms with Crippen LogP contribution in [-0.2, 0) is 16.1 Å². The number of carbonyl (C=O) groups excluding carboxylic acids is 1. The van der Waals surface area contributed by atoms with Gasteiger partial charge >= 0.3 is 5.97 Å². The van der Waals surface area contributed by atoms with Gasteiger partial charge in [0, 0.05) is 6.54 Å². The summed E-state index contributed by atoms with van der Waals surface area (Å²) in [4.78, 5) is 12.0. The molecule has 1 rings (SSSR count). The molecule has 0 bridgehead atoms. The molecule has 0 aliphatic rings. The van der Waals surface area contributed by atoms with Gasteiger partial charge in [-0.15, -0.1) is 0 Å². The van der Waals surface area contributed by atoms with Crippen LogP contribution in [-0.4, -0.2) is 18.6 Å². The summed E-state index contributed by atoms with van der Waals surface area (Å²) < 4.78 is 4.93. The maximum Gasteiger partial charge on any atom is 0.325 e. The van der Waals surface area contributed by atoms with E-state index in [9.17, 15) is 4.79 Å². The van der Waals surface area contributed by atoms with Gasteiger partial charge in [0.1, 0.15) is 5.54 Å². The monoisotopic (exact) mass is 263 g/mol.